The van der Waals surface area contributed by atoms with Crippen molar-refractivity contribution in [2.75, 3.05) is 5.32 Å². The van der Waals surface area contributed by atoms with E-state index in [1.807, 2.05) is 30.6 Å². The fraction of sp³-hybridized carbons (Fsp3) is 0.0870. The van der Waals surface area contributed by atoms with Gasteiger partial charge >= 0.3 is 5.97 Å². The number of hydrogen-bond acceptors (Lipinski definition) is 3. The number of halogens is 2. The molecule has 3 rings (SSSR count). The van der Waals surface area contributed by atoms with Gasteiger partial charge in [-0.1, -0.05) is 35.3 Å². The second kappa shape index (κ2) is 9.09. The molecule has 0 bridgehead atoms. The number of aromatic carboxylic acids is 1. The van der Waals surface area contributed by atoms with Crippen LogP contribution in [0.25, 0.3) is 11.8 Å². The normalized spacial score (nSPS) is 11.1. The van der Waals surface area contributed by atoms with Gasteiger partial charge in [0.15, 0.2) is 0 Å². The molecule has 0 aliphatic rings. The molecule has 0 atom stereocenters. The minimum atomic E-state index is -1.02. The molecule has 0 saturated heterocycles. The van der Waals surface area contributed by atoms with E-state index in [2.05, 4.69) is 5.32 Å². The first-order valence-electron chi connectivity index (χ1n) is 9.12. The Morgan fingerprint density at radius 2 is 1.84 bits per heavy atom. The zero-order chi connectivity index (χ0) is 22.7. The number of carbonyl (C=O) groups is 2. The molecule has 0 fully saturated rings. The van der Waals surface area contributed by atoms with Crippen LogP contribution in [0.15, 0.2) is 54.1 Å². The van der Waals surface area contributed by atoms with Gasteiger partial charge in [0, 0.05) is 17.1 Å². The maximum atomic E-state index is 12.6. The quantitative estimate of drug-likeness (QED) is 0.385. The van der Waals surface area contributed by atoms with Crippen molar-refractivity contribution in [1.29, 1.82) is 5.26 Å². The van der Waals surface area contributed by atoms with Gasteiger partial charge in [0.2, 0.25) is 0 Å². The molecule has 31 heavy (non-hydrogen) atoms. The molecule has 0 aliphatic heterocycles. The SMILES string of the molecule is Cc1cc(/C=C(/C#N)C(=O)Nc2cccc(Cl)c2Cl)c(C)n1-c1cccc(C(=O)O)c1. The van der Waals surface area contributed by atoms with Crippen molar-refractivity contribution < 1.29 is 14.7 Å². The van der Waals surface area contributed by atoms with Crippen molar-refractivity contribution in [2.24, 2.45) is 0 Å². The van der Waals surface area contributed by atoms with Crippen molar-refractivity contribution in [3.8, 4) is 11.8 Å². The van der Waals surface area contributed by atoms with Gasteiger partial charge in [0.1, 0.15) is 11.6 Å². The van der Waals surface area contributed by atoms with E-state index in [9.17, 15) is 20.0 Å². The summed E-state index contributed by atoms with van der Waals surface area (Å²) in [4.78, 5) is 23.9. The molecule has 2 N–H and O–H groups in total. The monoisotopic (exact) mass is 453 g/mol. The number of rotatable bonds is 5. The first-order valence-corrected chi connectivity index (χ1v) is 9.88. The molecule has 6 nitrogen and oxygen atoms in total. The smallest absolute Gasteiger partial charge is 0.335 e. The molecule has 0 saturated carbocycles. The summed E-state index contributed by atoms with van der Waals surface area (Å²) < 4.78 is 1.86. The second-order valence-corrected chi connectivity index (χ2v) is 7.53. The first-order chi connectivity index (χ1) is 14.7. The topological polar surface area (TPSA) is 95.1 Å². The first kappa shape index (κ1) is 22.2. The van der Waals surface area contributed by atoms with E-state index in [0.717, 1.165) is 11.4 Å². The van der Waals surface area contributed by atoms with E-state index >= 15 is 0 Å². The predicted molar refractivity (Wildman–Crippen MR) is 121 cm³/mol. The van der Waals surface area contributed by atoms with Crippen molar-refractivity contribution in [3.05, 3.63) is 86.7 Å². The molecule has 3 aromatic rings. The van der Waals surface area contributed by atoms with Gasteiger partial charge in [-0.15, -0.1) is 0 Å². The number of carboxylic acids is 1. The molecule has 0 spiro atoms. The summed E-state index contributed by atoms with van der Waals surface area (Å²) in [7, 11) is 0. The summed E-state index contributed by atoms with van der Waals surface area (Å²) in [6.07, 6.45) is 1.48. The summed E-state index contributed by atoms with van der Waals surface area (Å²) in [5.74, 6) is -1.64. The number of amides is 1. The van der Waals surface area contributed by atoms with Crippen molar-refractivity contribution in [3.63, 3.8) is 0 Å². The Labute approximate surface area is 188 Å². The number of carbonyl (C=O) groups excluding carboxylic acids is 1. The van der Waals surface area contributed by atoms with Gasteiger partial charge in [-0.05, 0) is 61.9 Å². The van der Waals surface area contributed by atoms with Crippen LogP contribution in [-0.2, 0) is 4.79 Å². The number of aryl methyl sites for hydroxylation is 1. The Morgan fingerprint density at radius 3 is 2.52 bits per heavy atom. The van der Waals surface area contributed by atoms with Crippen LogP contribution < -0.4 is 5.32 Å². The van der Waals surface area contributed by atoms with Crippen LogP contribution >= 0.6 is 23.2 Å². The third kappa shape index (κ3) is 4.64. The maximum Gasteiger partial charge on any atom is 0.335 e. The van der Waals surface area contributed by atoms with Crippen molar-refractivity contribution >= 4 is 46.8 Å². The number of hydrogen-bond donors (Lipinski definition) is 2. The van der Waals surface area contributed by atoms with E-state index in [4.69, 9.17) is 23.2 Å². The highest BCUT2D eigenvalue weighted by atomic mass is 35.5. The lowest BCUT2D eigenvalue weighted by atomic mass is 10.1. The third-order valence-electron chi connectivity index (χ3n) is 4.69. The number of nitrogens with one attached hydrogen (secondary N) is 1. The summed E-state index contributed by atoms with van der Waals surface area (Å²) in [5.41, 5.74) is 3.25. The number of anilines is 1. The molecule has 2 aromatic carbocycles. The Morgan fingerprint density at radius 1 is 1.13 bits per heavy atom. The highest BCUT2D eigenvalue weighted by Gasteiger charge is 2.16. The summed E-state index contributed by atoms with van der Waals surface area (Å²) >= 11 is 12.1. The third-order valence-corrected chi connectivity index (χ3v) is 5.51. The number of aromatic nitrogens is 1. The van der Waals surface area contributed by atoms with Gasteiger partial charge in [-0.2, -0.15) is 5.26 Å². The number of benzene rings is 2. The minimum Gasteiger partial charge on any atom is -0.478 e. The van der Waals surface area contributed by atoms with Crippen molar-refractivity contribution in [2.45, 2.75) is 13.8 Å². The largest absolute Gasteiger partial charge is 0.478 e. The van der Waals surface area contributed by atoms with Crippen LogP contribution in [0.2, 0.25) is 10.0 Å². The highest BCUT2D eigenvalue weighted by Crippen LogP contribution is 2.30. The van der Waals surface area contributed by atoms with Crippen LogP contribution in [0.3, 0.4) is 0 Å². The lowest BCUT2D eigenvalue weighted by Crippen LogP contribution is -2.13. The Hall–Kier alpha value is -3.53. The van der Waals surface area contributed by atoms with Crippen LogP contribution in [0.4, 0.5) is 5.69 Å². The number of nitriles is 1. The highest BCUT2D eigenvalue weighted by molar-refractivity contribution is 6.44. The van der Waals surface area contributed by atoms with Gasteiger partial charge in [0.25, 0.3) is 5.91 Å². The average Bonchev–Trinajstić information content (AvgIpc) is 3.02. The molecular formula is C23H17Cl2N3O3. The number of nitrogens with zero attached hydrogens (tertiary/aromatic N) is 2. The summed E-state index contributed by atoms with van der Waals surface area (Å²) in [6, 6.07) is 15.1. The van der Waals surface area contributed by atoms with Gasteiger partial charge in [0.05, 0.1) is 21.3 Å². The molecule has 156 valence electrons. The average molecular weight is 454 g/mol. The lowest BCUT2D eigenvalue weighted by molar-refractivity contribution is -0.112. The molecule has 0 unspecified atom stereocenters. The molecule has 1 aromatic heterocycles. The van der Waals surface area contributed by atoms with Crippen LogP contribution in [0, 0.1) is 25.2 Å². The van der Waals surface area contributed by atoms with Gasteiger partial charge in [-0.25, -0.2) is 4.79 Å². The molecule has 8 heteroatoms. The zero-order valence-electron chi connectivity index (χ0n) is 16.6. The fourth-order valence-electron chi connectivity index (χ4n) is 3.20. The lowest BCUT2D eigenvalue weighted by Gasteiger charge is -2.10. The second-order valence-electron chi connectivity index (χ2n) is 6.74. The van der Waals surface area contributed by atoms with Crippen LogP contribution in [0.5, 0.6) is 0 Å². The van der Waals surface area contributed by atoms with Gasteiger partial charge in [-0.3, -0.25) is 4.79 Å². The van der Waals surface area contributed by atoms with E-state index in [-0.39, 0.29) is 21.2 Å². The molecular weight excluding hydrogens is 437 g/mol. The standard InChI is InChI=1S/C23H17Cl2N3O3/c1-13-9-16(14(2)28(13)18-6-3-5-15(11-18)23(30)31)10-17(12-26)22(29)27-20-8-4-7-19(24)21(20)25/h3-11H,1-2H3,(H,27,29)(H,30,31)/b17-10-. The van der Waals surface area contributed by atoms with Crippen LogP contribution in [-0.4, -0.2) is 21.6 Å². The zero-order valence-corrected chi connectivity index (χ0v) is 18.1. The molecule has 0 radical (unpaired) electrons. The number of carboxylic acid groups (broad SMARTS) is 1. The van der Waals surface area contributed by atoms with Crippen LogP contribution in [0.1, 0.15) is 27.3 Å². The van der Waals surface area contributed by atoms with E-state index < -0.39 is 11.9 Å². The predicted octanol–water partition coefficient (Wildman–Crippen LogP) is 5.64. The molecule has 1 heterocycles. The Balaban J connectivity index is 1.97. The molecule has 1 amide bonds. The minimum absolute atomic E-state index is 0.115. The van der Waals surface area contributed by atoms with Crippen molar-refractivity contribution in [1.82, 2.24) is 4.57 Å². The van der Waals surface area contributed by atoms with Gasteiger partial charge < -0.3 is 15.0 Å². The Kier molecular flexibility index (Phi) is 6.50. The van der Waals surface area contributed by atoms with E-state index in [1.54, 1.807) is 36.4 Å². The van der Waals surface area contributed by atoms with E-state index in [1.165, 1.54) is 12.1 Å². The summed E-state index contributed by atoms with van der Waals surface area (Å²) in [6.45, 7) is 3.68. The van der Waals surface area contributed by atoms with E-state index in [0.29, 0.717) is 16.9 Å². The molecule has 0 aliphatic carbocycles. The fourth-order valence-corrected chi connectivity index (χ4v) is 3.55. The maximum absolute atomic E-state index is 12.6. The Bertz CT molecular complexity index is 1270. The summed E-state index contributed by atoms with van der Waals surface area (Å²) in [5, 5.41) is 21.9.